The van der Waals surface area contributed by atoms with Crippen LogP contribution in [-0.2, 0) is 0 Å². The van der Waals surface area contributed by atoms with E-state index in [9.17, 15) is 4.39 Å². The van der Waals surface area contributed by atoms with Crippen LogP contribution in [0.15, 0.2) is 42.5 Å². The topological polar surface area (TPSA) is 44.5 Å². The van der Waals surface area contributed by atoms with E-state index in [0.29, 0.717) is 36.8 Å². The number of halogens is 2. The largest absolute Gasteiger partial charge is 0.493 e. The number of para-hydroxylation sites is 2. The van der Waals surface area contributed by atoms with Crippen LogP contribution in [0.3, 0.4) is 0 Å². The molecule has 5 heteroatoms. The zero-order chi connectivity index (χ0) is 14.4. The maximum atomic E-state index is 12.9. The third-order valence-electron chi connectivity index (χ3n) is 2.63. The van der Waals surface area contributed by atoms with Gasteiger partial charge in [-0.25, -0.2) is 4.39 Å². The van der Waals surface area contributed by atoms with E-state index >= 15 is 0 Å². The van der Waals surface area contributed by atoms with Crippen LogP contribution in [0.1, 0.15) is 6.42 Å². The SMILES string of the molecule is Nc1ccccc1OCCCOc1ccc(F)c(Cl)c1. The van der Waals surface area contributed by atoms with Crippen molar-refractivity contribution in [1.82, 2.24) is 0 Å². The number of rotatable bonds is 6. The van der Waals surface area contributed by atoms with Gasteiger partial charge in [0.1, 0.15) is 17.3 Å². The molecule has 0 saturated heterocycles. The van der Waals surface area contributed by atoms with Gasteiger partial charge in [0.25, 0.3) is 0 Å². The molecule has 0 aliphatic heterocycles. The van der Waals surface area contributed by atoms with E-state index in [1.807, 2.05) is 18.2 Å². The first-order valence-electron chi connectivity index (χ1n) is 6.22. The van der Waals surface area contributed by atoms with Gasteiger partial charge in [0.05, 0.1) is 23.9 Å². The fourth-order valence-corrected chi connectivity index (χ4v) is 1.78. The lowest BCUT2D eigenvalue weighted by Gasteiger charge is -2.09. The summed E-state index contributed by atoms with van der Waals surface area (Å²) in [6.07, 6.45) is 0.684. The summed E-state index contributed by atoms with van der Waals surface area (Å²) in [6.45, 7) is 0.942. The number of hydrogen-bond donors (Lipinski definition) is 1. The molecule has 2 aromatic rings. The van der Waals surface area contributed by atoms with Crippen LogP contribution in [0.5, 0.6) is 11.5 Å². The Morgan fingerprint density at radius 1 is 1.05 bits per heavy atom. The van der Waals surface area contributed by atoms with Crippen LogP contribution in [0, 0.1) is 5.82 Å². The maximum absolute atomic E-state index is 12.9. The molecule has 0 aliphatic rings. The Hall–Kier alpha value is -1.94. The van der Waals surface area contributed by atoms with Crippen molar-refractivity contribution in [2.24, 2.45) is 0 Å². The van der Waals surface area contributed by atoms with Gasteiger partial charge >= 0.3 is 0 Å². The second kappa shape index (κ2) is 7.01. The average molecular weight is 296 g/mol. The van der Waals surface area contributed by atoms with Crippen molar-refractivity contribution in [3.63, 3.8) is 0 Å². The lowest BCUT2D eigenvalue weighted by molar-refractivity contribution is 0.248. The van der Waals surface area contributed by atoms with Crippen molar-refractivity contribution in [3.05, 3.63) is 53.3 Å². The van der Waals surface area contributed by atoms with Crippen molar-refractivity contribution >= 4 is 17.3 Å². The molecule has 0 saturated carbocycles. The number of nitrogens with two attached hydrogens (primary N) is 1. The van der Waals surface area contributed by atoms with Crippen molar-refractivity contribution in [2.45, 2.75) is 6.42 Å². The lowest BCUT2D eigenvalue weighted by atomic mass is 10.3. The molecule has 106 valence electrons. The molecule has 0 aliphatic carbocycles. The minimum Gasteiger partial charge on any atom is -0.493 e. The summed E-state index contributed by atoms with van der Waals surface area (Å²) in [5.74, 6) is 0.745. The molecule has 3 nitrogen and oxygen atoms in total. The fourth-order valence-electron chi connectivity index (χ4n) is 1.61. The van der Waals surface area contributed by atoms with Gasteiger partial charge in [0, 0.05) is 12.5 Å². The van der Waals surface area contributed by atoms with Crippen molar-refractivity contribution in [1.29, 1.82) is 0 Å². The molecular weight excluding hydrogens is 281 g/mol. The third kappa shape index (κ3) is 4.03. The number of anilines is 1. The number of ether oxygens (including phenoxy) is 2. The first-order chi connectivity index (χ1) is 9.66. The minimum absolute atomic E-state index is 0.0517. The van der Waals surface area contributed by atoms with Crippen molar-refractivity contribution < 1.29 is 13.9 Å². The molecule has 0 radical (unpaired) electrons. The van der Waals surface area contributed by atoms with Gasteiger partial charge in [-0.2, -0.15) is 0 Å². The molecule has 0 spiro atoms. The minimum atomic E-state index is -0.457. The molecule has 0 bridgehead atoms. The summed E-state index contributed by atoms with van der Waals surface area (Å²) in [7, 11) is 0. The summed E-state index contributed by atoms with van der Waals surface area (Å²) >= 11 is 5.66. The highest BCUT2D eigenvalue weighted by Gasteiger charge is 2.02. The molecule has 2 rings (SSSR count). The number of benzene rings is 2. The molecule has 0 heterocycles. The van der Waals surface area contributed by atoms with Gasteiger partial charge < -0.3 is 15.2 Å². The highest BCUT2D eigenvalue weighted by atomic mass is 35.5. The molecule has 2 N–H and O–H groups in total. The van der Waals surface area contributed by atoms with Gasteiger partial charge in [-0.3, -0.25) is 0 Å². The number of nitrogen functional groups attached to an aromatic ring is 1. The van der Waals surface area contributed by atoms with E-state index < -0.39 is 5.82 Å². The molecule has 0 amide bonds. The smallest absolute Gasteiger partial charge is 0.142 e. The zero-order valence-corrected chi connectivity index (χ0v) is 11.6. The zero-order valence-electron chi connectivity index (χ0n) is 10.8. The summed E-state index contributed by atoms with van der Waals surface area (Å²) < 4.78 is 23.9. The van der Waals surface area contributed by atoms with Crippen LogP contribution in [0.2, 0.25) is 5.02 Å². The lowest BCUT2D eigenvalue weighted by Crippen LogP contribution is -2.06. The Bertz CT molecular complexity index is 578. The van der Waals surface area contributed by atoms with Gasteiger partial charge in [0.2, 0.25) is 0 Å². The highest BCUT2D eigenvalue weighted by Crippen LogP contribution is 2.22. The second-order valence-corrected chi connectivity index (χ2v) is 4.57. The molecule has 0 aromatic heterocycles. The van der Waals surface area contributed by atoms with E-state index in [1.165, 1.54) is 18.2 Å². The van der Waals surface area contributed by atoms with E-state index in [2.05, 4.69) is 0 Å². The quantitative estimate of drug-likeness (QED) is 0.649. The predicted molar refractivity (Wildman–Crippen MR) is 77.9 cm³/mol. The fraction of sp³-hybridized carbons (Fsp3) is 0.200. The monoisotopic (exact) mass is 295 g/mol. The Morgan fingerprint density at radius 2 is 1.80 bits per heavy atom. The summed E-state index contributed by atoms with van der Waals surface area (Å²) in [5, 5.41) is 0.0517. The van der Waals surface area contributed by atoms with Gasteiger partial charge in [-0.1, -0.05) is 23.7 Å². The van der Waals surface area contributed by atoms with E-state index in [4.69, 9.17) is 26.8 Å². The Balaban J connectivity index is 1.71. The normalized spacial score (nSPS) is 10.3. The van der Waals surface area contributed by atoms with E-state index in [-0.39, 0.29) is 5.02 Å². The van der Waals surface area contributed by atoms with Crippen molar-refractivity contribution in [3.8, 4) is 11.5 Å². The van der Waals surface area contributed by atoms with Crippen LogP contribution in [-0.4, -0.2) is 13.2 Å². The second-order valence-electron chi connectivity index (χ2n) is 4.16. The molecule has 2 aromatic carbocycles. The van der Waals surface area contributed by atoms with Gasteiger partial charge in [-0.15, -0.1) is 0 Å². The van der Waals surface area contributed by atoms with Crippen molar-refractivity contribution in [2.75, 3.05) is 18.9 Å². The molecule has 0 unspecified atom stereocenters. The molecule has 20 heavy (non-hydrogen) atoms. The highest BCUT2D eigenvalue weighted by molar-refractivity contribution is 6.30. The van der Waals surface area contributed by atoms with E-state index in [0.717, 1.165) is 0 Å². The maximum Gasteiger partial charge on any atom is 0.142 e. The molecule has 0 atom stereocenters. The van der Waals surface area contributed by atoms with E-state index in [1.54, 1.807) is 6.07 Å². The van der Waals surface area contributed by atoms with Gasteiger partial charge in [-0.05, 0) is 24.3 Å². The number of hydrogen-bond acceptors (Lipinski definition) is 3. The Labute approximate surface area is 122 Å². The standard InChI is InChI=1S/C15H15ClFNO2/c16-12-10-11(6-7-13(12)17)19-8-3-9-20-15-5-2-1-4-14(15)18/h1-2,4-7,10H,3,8-9,18H2. The van der Waals surface area contributed by atoms with Gasteiger partial charge in [0.15, 0.2) is 0 Å². The van der Waals surface area contributed by atoms with Crippen LogP contribution >= 0.6 is 11.6 Å². The molecular formula is C15H15ClFNO2. The van der Waals surface area contributed by atoms with Crippen LogP contribution in [0.25, 0.3) is 0 Å². The average Bonchev–Trinajstić information content (AvgIpc) is 2.44. The Kier molecular flexibility index (Phi) is 5.07. The Morgan fingerprint density at radius 3 is 2.55 bits per heavy atom. The first-order valence-corrected chi connectivity index (χ1v) is 6.60. The predicted octanol–water partition coefficient (Wildman–Crippen LogP) is 3.91. The van der Waals surface area contributed by atoms with Crippen LogP contribution < -0.4 is 15.2 Å². The molecule has 0 fully saturated rings. The summed E-state index contributed by atoms with van der Waals surface area (Å²) in [6, 6.07) is 11.6. The summed E-state index contributed by atoms with van der Waals surface area (Å²) in [5.41, 5.74) is 6.36. The first kappa shape index (κ1) is 14.5. The third-order valence-corrected chi connectivity index (χ3v) is 2.91. The van der Waals surface area contributed by atoms with Crippen LogP contribution in [0.4, 0.5) is 10.1 Å². The summed E-state index contributed by atoms with van der Waals surface area (Å²) in [4.78, 5) is 0.